The van der Waals surface area contributed by atoms with Crippen LogP contribution in [0.4, 0.5) is 5.82 Å². The lowest BCUT2D eigenvalue weighted by atomic mass is 10.1. The van der Waals surface area contributed by atoms with E-state index in [4.69, 9.17) is 0 Å². The molecule has 150 valence electrons. The largest absolute Gasteiger partial charge is 0.353 e. The number of rotatable bonds is 4. The van der Waals surface area contributed by atoms with E-state index in [1.54, 1.807) is 22.1 Å². The van der Waals surface area contributed by atoms with E-state index in [0.717, 1.165) is 56.2 Å². The zero-order valence-electron chi connectivity index (χ0n) is 16.7. The number of imidazole rings is 1. The predicted molar refractivity (Wildman–Crippen MR) is 117 cm³/mol. The molecule has 3 aromatic heterocycles. The predicted octanol–water partition coefficient (Wildman–Crippen LogP) is 2.32. The van der Waals surface area contributed by atoms with E-state index in [2.05, 4.69) is 43.4 Å². The van der Waals surface area contributed by atoms with Crippen molar-refractivity contribution in [2.45, 2.75) is 13.3 Å². The van der Waals surface area contributed by atoms with Crippen LogP contribution in [0.5, 0.6) is 0 Å². The second-order valence-electron chi connectivity index (χ2n) is 7.64. The van der Waals surface area contributed by atoms with Gasteiger partial charge in [0.15, 0.2) is 0 Å². The van der Waals surface area contributed by atoms with Crippen molar-refractivity contribution in [3.8, 4) is 0 Å². The summed E-state index contributed by atoms with van der Waals surface area (Å²) in [6.45, 7) is 6.70. The quantitative estimate of drug-likeness (QED) is 0.519. The molecule has 0 amide bonds. The molecule has 5 rings (SSSR count). The lowest BCUT2D eigenvalue weighted by Gasteiger charge is -2.35. The summed E-state index contributed by atoms with van der Waals surface area (Å²) >= 11 is 1.57. The first kappa shape index (κ1) is 18.3. The third-order valence-corrected chi connectivity index (χ3v) is 6.68. The second-order valence-corrected chi connectivity index (χ2v) is 8.45. The molecule has 4 heterocycles. The number of hydrogen-bond acceptors (Lipinski definition) is 6. The number of aromatic nitrogens is 4. The van der Waals surface area contributed by atoms with Crippen LogP contribution in [0.1, 0.15) is 11.3 Å². The van der Waals surface area contributed by atoms with Crippen molar-refractivity contribution in [1.29, 1.82) is 0 Å². The van der Waals surface area contributed by atoms with E-state index < -0.39 is 0 Å². The summed E-state index contributed by atoms with van der Waals surface area (Å²) in [6.07, 6.45) is 4.40. The Morgan fingerprint density at radius 1 is 1.10 bits per heavy atom. The molecule has 7 nitrogen and oxygen atoms in total. The number of fused-ring (bicyclic) bond motifs is 2. The summed E-state index contributed by atoms with van der Waals surface area (Å²) in [5.74, 6) is 1.80. The first-order valence-electron chi connectivity index (χ1n) is 9.97. The molecule has 0 N–H and O–H groups in total. The molecule has 1 aliphatic rings. The fourth-order valence-electron chi connectivity index (χ4n) is 4.12. The summed E-state index contributed by atoms with van der Waals surface area (Å²) in [4.78, 5) is 22.3. The van der Waals surface area contributed by atoms with Gasteiger partial charge in [0, 0.05) is 63.1 Å². The minimum atomic E-state index is 0.0562. The van der Waals surface area contributed by atoms with Gasteiger partial charge >= 0.3 is 0 Å². The topological polar surface area (TPSA) is 58.7 Å². The normalized spacial score (nSPS) is 15.6. The van der Waals surface area contributed by atoms with Crippen LogP contribution in [-0.2, 0) is 13.5 Å². The molecule has 0 aliphatic carbocycles. The summed E-state index contributed by atoms with van der Waals surface area (Å²) in [5, 5.41) is 1.25. The molecule has 8 heteroatoms. The van der Waals surface area contributed by atoms with Crippen molar-refractivity contribution < 1.29 is 0 Å². The number of benzene rings is 1. The highest BCUT2D eigenvalue weighted by Gasteiger charge is 2.21. The Morgan fingerprint density at radius 2 is 1.90 bits per heavy atom. The maximum Gasteiger partial charge on any atom is 0.262 e. The average Bonchev–Trinajstić information content (AvgIpc) is 3.32. The van der Waals surface area contributed by atoms with Gasteiger partial charge in [-0.1, -0.05) is 12.1 Å². The van der Waals surface area contributed by atoms with Crippen molar-refractivity contribution in [3.05, 3.63) is 58.3 Å². The minimum Gasteiger partial charge on any atom is -0.353 e. The van der Waals surface area contributed by atoms with Crippen LogP contribution in [0, 0.1) is 6.92 Å². The van der Waals surface area contributed by atoms with Gasteiger partial charge in [-0.25, -0.2) is 4.98 Å². The fourth-order valence-corrected chi connectivity index (χ4v) is 4.92. The molecular weight excluding hydrogens is 384 g/mol. The standard InChI is InChI=1S/C21H24N6OS/c1-15-16(20(28)27-14-9-24(2)21(27)22-15)7-8-25-10-12-26(13-11-25)19-17-5-3-4-6-18(17)29-23-19/h3-6,9,14H,7-8,10-13H2,1-2H3. The van der Waals surface area contributed by atoms with Gasteiger partial charge in [-0.2, -0.15) is 4.37 Å². The van der Waals surface area contributed by atoms with Gasteiger partial charge in [0.05, 0.1) is 10.4 Å². The van der Waals surface area contributed by atoms with Crippen molar-refractivity contribution in [3.63, 3.8) is 0 Å². The lowest BCUT2D eigenvalue weighted by molar-refractivity contribution is 0.260. The third-order valence-electron chi connectivity index (χ3n) is 5.86. The van der Waals surface area contributed by atoms with Crippen LogP contribution in [0.25, 0.3) is 15.9 Å². The molecule has 0 saturated carbocycles. The number of aryl methyl sites for hydroxylation is 2. The Morgan fingerprint density at radius 3 is 2.72 bits per heavy atom. The molecule has 0 atom stereocenters. The zero-order chi connectivity index (χ0) is 20.0. The average molecular weight is 409 g/mol. The molecule has 29 heavy (non-hydrogen) atoms. The van der Waals surface area contributed by atoms with Crippen molar-refractivity contribution >= 4 is 33.2 Å². The van der Waals surface area contributed by atoms with Crippen LogP contribution in [0.15, 0.2) is 41.5 Å². The van der Waals surface area contributed by atoms with Gasteiger partial charge in [0.2, 0.25) is 5.78 Å². The summed E-state index contributed by atoms with van der Waals surface area (Å²) in [6, 6.07) is 8.43. The fraction of sp³-hybridized carbons (Fsp3) is 0.381. The molecule has 0 radical (unpaired) electrons. The number of hydrogen-bond donors (Lipinski definition) is 0. The smallest absolute Gasteiger partial charge is 0.262 e. The van der Waals surface area contributed by atoms with Crippen LogP contribution in [-0.4, -0.2) is 55.9 Å². The number of nitrogens with zero attached hydrogens (tertiary/aromatic N) is 6. The minimum absolute atomic E-state index is 0.0562. The maximum absolute atomic E-state index is 12.8. The Hall–Kier alpha value is -2.71. The van der Waals surface area contributed by atoms with Crippen molar-refractivity contribution in [1.82, 2.24) is 23.2 Å². The summed E-state index contributed by atoms with van der Waals surface area (Å²) in [5.41, 5.74) is 1.71. The summed E-state index contributed by atoms with van der Waals surface area (Å²) in [7, 11) is 1.91. The van der Waals surface area contributed by atoms with Gasteiger partial charge in [-0.3, -0.25) is 14.1 Å². The molecule has 1 fully saturated rings. The molecule has 0 unspecified atom stereocenters. The molecule has 1 saturated heterocycles. The van der Waals surface area contributed by atoms with E-state index >= 15 is 0 Å². The van der Waals surface area contributed by atoms with E-state index in [1.807, 2.05) is 24.7 Å². The van der Waals surface area contributed by atoms with Crippen molar-refractivity contribution in [2.24, 2.45) is 7.05 Å². The molecule has 1 aliphatic heterocycles. The molecule has 0 spiro atoms. The van der Waals surface area contributed by atoms with Gasteiger partial charge in [0.25, 0.3) is 5.56 Å². The Balaban J connectivity index is 1.26. The monoisotopic (exact) mass is 408 g/mol. The lowest BCUT2D eigenvalue weighted by Crippen LogP contribution is -2.47. The second kappa shape index (κ2) is 7.27. The third kappa shape index (κ3) is 3.22. The van der Waals surface area contributed by atoms with Gasteiger partial charge in [-0.05, 0) is 37.0 Å². The molecule has 1 aromatic carbocycles. The first-order valence-corrected chi connectivity index (χ1v) is 10.7. The van der Waals surface area contributed by atoms with Gasteiger partial charge in [0.1, 0.15) is 5.82 Å². The van der Waals surface area contributed by atoms with E-state index in [-0.39, 0.29) is 5.56 Å². The van der Waals surface area contributed by atoms with E-state index in [0.29, 0.717) is 5.78 Å². The number of piperazine rings is 1. The van der Waals surface area contributed by atoms with Crippen molar-refractivity contribution in [2.75, 3.05) is 37.6 Å². The maximum atomic E-state index is 12.8. The van der Waals surface area contributed by atoms with E-state index in [1.165, 1.54) is 10.1 Å². The highest BCUT2D eigenvalue weighted by atomic mass is 32.1. The number of anilines is 1. The van der Waals surface area contributed by atoms with Crippen LogP contribution < -0.4 is 10.5 Å². The molecule has 0 bridgehead atoms. The van der Waals surface area contributed by atoms with Gasteiger partial charge < -0.3 is 9.47 Å². The highest BCUT2D eigenvalue weighted by molar-refractivity contribution is 7.13. The Bertz CT molecular complexity index is 1230. The Kier molecular flexibility index (Phi) is 4.60. The molecule has 4 aromatic rings. The van der Waals surface area contributed by atoms with E-state index in [9.17, 15) is 4.79 Å². The first-order chi connectivity index (χ1) is 14.1. The highest BCUT2D eigenvalue weighted by Crippen LogP contribution is 2.29. The van der Waals surface area contributed by atoms with Crippen LogP contribution >= 0.6 is 11.5 Å². The summed E-state index contributed by atoms with van der Waals surface area (Å²) < 4.78 is 9.45. The van der Waals surface area contributed by atoms with Crippen LogP contribution in [0.2, 0.25) is 0 Å². The van der Waals surface area contributed by atoms with Crippen LogP contribution in [0.3, 0.4) is 0 Å². The molecular formula is C21H24N6OS. The van der Waals surface area contributed by atoms with Gasteiger partial charge in [-0.15, -0.1) is 0 Å². The Labute approximate surface area is 173 Å². The zero-order valence-corrected chi connectivity index (χ0v) is 17.5. The SMILES string of the molecule is Cc1nc2n(C)ccn2c(=O)c1CCN1CCN(c2nsc3ccccc23)CC1.